The van der Waals surface area contributed by atoms with Gasteiger partial charge < -0.3 is 15.7 Å². The van der Waals surface area contributed by atoms with Gasteiger partial charge in [0.2, 0.25) is 0 Å². The van der Waals surface area contributed by atoms with Gasteiger partial charge in [-0.05, 0) is 18.6 Å². The summed E-state index contributed by atoms with van der Waals surface area (Å²) in [5.41, 5.74) is 1.69. The van der Waals surface area contributed by atoms with Crippen molar-refractivity contribution in [3.8, 4) is 10.6 Å². The molecule has 1 aromatic carbocycles. The number of carbonyl (C=O) groups is 1. The average Bonchev–Trinajstić information content (AvgIpc) is 2.93. The molecule has 0 bridgehead atoms. The van der Waals surface area contributed by atoms with E-state index in [4.69, 9.17) is 5.11 Å². The summed E-state index contributed by atoms with van der Waals surface area (Å²) < 4.78 is 0. The van der Waals surface area contributed by atoms with Crippen LogP contribution in [0.25, 0.3) is 10.6 Å². The molecule has 0 aliphatic rings. The fourth-order valence-electron chi connectivity index (χ4n) is 1.55. The highest BCUT2D eigenvalue weighted by molar-refractivity contribution is 7.13. The highest BCUT2D eigenvalue weighted by atomic mass is 32.1. The molecule has 2 rings (SSSR count). The van der Waals surface area contributed by atoms with Gasteiger partial charge in [0.25, 0.3) is 0 Å². The predicted molar refractivity (Wildman–Crippen MR) is 76.3 cm³/mol. The molecule has 5 nitrogen and oxygen atoms in total. The molecule has 0 spiro atoms. The zero-order valence-corrected chi connectivity index (χ0v) is 11.1. The second-order valence-corrected chi connectivity index (χ2v) is 4.77. The first-order valence-electron chi connectivity index (χ1n) is 5.95. The molecule has 0 radical (unpaired) electrons. The van der Waals surface area contributed by atoms with Gasteiger partial charge in [0.15, 0.2) is 0 Å². The Morgan fingerprint density at radius 3 is 3.05 bits per heavy atom. The van der Waals surface area contributed by atoms with Crippen LogP contribution in [0.5, 0.6) is 0 Å². The van der Waals surface area contributed by atoms with Crippen molar-refractivity contribution in [2.24, 2.45) is 0 Å². The van der Waals surface area contributed by atoms with Crippen LogP contribution < -0.4 is 10.6 Å². The van der Waals surface area contributed by atoms with Crippen LogP contribution in [0.3, 0.4) is 0 Å². The van der Waals surface area contributed by atoms with Gasteiger partial charge in [0.05, 0.1) is 0 Å². The number of urea groups is 1. The second kappa shape index (κ2) is 6.86. The lowest BCUT2D eigenvalue weighted by Gasteiger charge is -2.07. The monoisotopic (exact) mass is 277 g/mol. The minimum absolute atomic E-state index is 0.0693. The summed E-state index contributed by atoms with van der Waals surface area (Å²) in [4.78, 5) is 15.8. The zero-order valence-electron chi connectivity index (χ0n) is 10.3. The normalized spacial score (nSPS) is 10.2. The maximum absolute atomic E-state index is 11.6. The van der Waals surface area contributed by atoms with E-state index in [1.54, 1.807) is 17.5 Å². The van der Waals surface area contributed by atoms with Crippen LogP contribution in [0.15, 0.2) is 35.8 Å². The van der Waals surface area contributed by atoms with E-state index in [2.05, 4.69) is 15.6 Å². The molecule has 0 aliphatic heterocycles. The number of nitrogens with one attached hydrogen (secondary N) is 2. The van der Waals surface area contributed by atoms with Crippen molar-refractivity contribution in [3.05, 3.63) is 35.8 Å². The summed E-state index contributed by atoms with van der Waals surface area (Å²) in [6, 6.07) is 7.26. The first-order valence-corrected chi connectivity index (χ1v) is 6.83. The van der Waals surface area contributed by atoms with Gasteiger partial charge in [-0.25, -0.2) is 9.78 Å². The van der Waals surface area contributed by atoms with Crippen LogP contribution in [0.1, 0.15) is 6.42 Å². The van der Waals surface area contributed by atoms with Crippen molar-refractivity contribution in [2.45, 2.75) is 6.42 Å². The molecular formula is C13H15N3O2S. The molecule has 6 heteroatoms. The maximum Gasteiger partial charge on any atom is 0.319 e. The third-order valence-electron chi connectivity index (χ3n) is 2.42. The maximum atomic E-state index is 11.6. The van der Waals surface area contributed by atoms with E-state index in [9.17, 15) is 4.79 Å². The molecule has 1 heterocycles. The van der Waals surface area contributed by atoms with Gasteiger partial charge in [-0.15, -0.1) is 11.3 Å². The molecule has 0 aliphatic carbocycles. The number of aliphatic hydroxyl groups excluding tert-OH is 1. The Kier molecular flexibility index (Phi) is 4.88. The molecule has 0 saturated heterocycles. The van der Waals surface area contributed by atoms with Gasteiger partial charge in [0, 0.05) is 36.0 Å². The summed E-state index contributed by atoms with van der Waals surface area (Å²) >= 11 is 1.55. The number of aromatic nitrogens is 1. The zero-order chi connectivity index (χ0) is 13.5. The fraction of sp³-hybridized carbons (Fsp3) is 0.231. The number of anilines is 1. The Morgan fingerprint density at radius 2 is 2.32 bits per heavy atom. The standard InChI is InChI=1S/C13H15N3O2S/c17-7-2-5-15-13(18)16-11-4-1-3-10(9-11)12-14-6-8-19-12/h1,3-4,6,8-9,17H,2,5,7H2,(H2,15,16,18). The topological polar surface area (TPSA) is 74.2 Å². The quantitative estimate of drug-likeness (QED) is 0.734. The lowest BCUT2D eigenvalue weighted by molar-refractivity contribution is 0.249. The molecule has 0 unspecified atom stereocenters. The Balaban J connectivity index is 1.97. The van der Waals surface area contributed by atoms with Crippen LogP contribution in [0.4, 0.5) is 10.5 Å². The minimum Gasteiger partial charge on any atom is -0.396 e. The van der Waals surface area contributed by atoms with Crippen LogP contribution in [0, 0.1) is 0 Å². The molecule has 100 valence electrons. The van der Waals surface area contributed by atoms with Gasteiger partial charge in [-0.2, -0.15) is 0 Å². The molecule has 0 atom stereocenters. The number of rotatable bonds is 5. The summed E-state index contributed by atoms with van der Waals surface area (Å²) in [6.45, 7) is 0.522. The number of carbonyl (C=O) groups excluding carboxylic acids is 1. The van der Waals surface area contributed by atoms with E-state index >= 15 is 0 Å². The van der Waals surface area contributed by atoms with Crippen LogP contribution >= 0.6 is 11.3 Å². The first-order chi connectivity index (χ1) is 9.29. The van der Waals surface area contributed by atoms with Crippen molar-refractivity contribution in [2.75, 3.05) is 18.5 Å². The Morgan fingerprint density at radius 1 is 1.42 bits per heavy atom. The highest BCUT2D eigenvalue weighted by Crippen LogP contribution is 2.24. The Labute approximate surface area is 115 Å². The van der Waals surface area contributed by atoms with Crippen molar-refractivity contribution in [1.29, 1.82) is 0 Å². The lowest BCUT2D eigenvalue weighted by atomic mass is 10.2. The van der Waals surface area contributed by atoms with E-state index in [-0.39, 0.29) is 12.6 Å². The highest BCUT2D eigenvalue weighted by Gasteiger charge is 2.04. The number of amides is 2. The largest absolute Gasteiger partial charge is 0.396 e. The van der Waals surface area contributed by atoms with Crippen molar-refractivity contribution in [3.63, 3.8) is 0 Å². The summed E-state index contributed by atoms with van der Waals surface area (Å²) in [5.74, 6) is 0. The van der Waals surface area contributed by atoms with E-state index in [0.717, 1.165) is 10.6 Å². The van der Waals surface area contributed by atoms with Crippen molar-refractivity contribution >= 4 is 23.1 Å². The van der Waals surface area contributed by atoms with Crippen LogP contribution in [-0.2, 0) is 0 Å². The SMILES string of the molecule is O=C(NCCCO)Nc1cccc(-c2nccs2)c1. The number of aliphatic hydroxyl groups is 1. The summed E-state index contributed by atoms with van der Waals surface area (Å²) in [6.07, 6.45) is 2.30. The summed E-state index contributed by atoms with van der Waals surface area (Å²) in [5, 5.41) is 16.9. The number of hydrogen-bond acceptors (Lipinski definition) is 4. The lowest BCUT2D eigenvalue weighted by Crippen LogP contribution is -2.29. The van der Waals surface area contributed by atoms with E-state index in [1.165, 1.54) is 0 Å². The fourth-order valence-corrected chi connectivity index (χ4v) is 2.19. The van der Waals surface area contributed by atoms with Crippen LogP contribution in [-0.4, -0.2) is 29.3 Å². The molecule has 0 fully saturated rings. The molecule has 19 heavy (non-hydrogen) atoms. The van der Waals surface area contributed by atoms with E-state index in [0.29, 0.717) is 18.7 Å². The van der Waals surface area contributed by atoms with Crippen molar-refractivity contribution < 1.29 is 9.90 Å². The third kappa shape index (κ3) is 4.04. The molecule has 1 aromatic heterocycles. The molecule has 3 N–H and O–H groups in total. The van der Waals surface area contributed by atoms with Crippen LogP contribution in [0.2, 0.25) is 0 Å². The number of benzene rings is 1. The molecular weight excluding hydrogens is 262 g/mol. The van der Waals surface area contributed by atoms with Gasteiger partial charge >= 0.3 is 6.03 Å². The second-order valence-electron chi connectivity index (χ2n) is 3.88. The Hall–Kier alpha value is -1.92. The van der Waals surface area contributed by atoms with E-state index in [1.807, 2.05) is 29.6 Å². The number of thiazole rings is 1. The third-order valence-corrected chi connectivity index (χ3v) is 3.24. The molecule has 2 aromatic rings. The predicted octanol–water partition coefficient (Wildman–Crippen LogP) is 2.31. The minimum atomic E-state index is -0.273. The van der Waals surface area contributed by atoms with Gasteiger partial charge in [-0.3, -0.25) is 0 Å². The van der Waals surface area contributed by atoms with E-state index < -0.39 is 0 Å². The molecule has 0 saturated carbocycles. The first kappa shape index (κ1) is 13.5. The Bertz CT molecular complexity index is 528. The number of hydrogen-bond donors (Lipinski definition) is 3. The summed E-state index contributed by atoms with van der Waals surface area (Å²) in [7, 11) is 0. The van der Waals surface area contributed by atoms with Crippen molar-refractivity contribution in [1.82, 2.24) is 10.3 Å². The van der Waals surface area contributed by atoms with Gasteiger partial charge in [0.1, 0.15) is 5.01 Å². The smallest absolute Gasteiger partial charge is 0.319 e. The molecule has 2 amide bonds. The van der Waals surface area contributed by atoms with Gasteiger partial charge in [-0.1, -0.05) is 12.1 Å². The average molecular weight is 277 g/mol. The number of nitrogens with zero attached hydrogens (tertiary/aromatic N) is 1.